The summed E-state index contributed by atoms with van der Waals surface area (Å²) in [6.07, 6.45) is 10.6. The molecule has 1 rings (SSSR count). The van der Waals surface area contributed by atoms with E-state index < -0.39 is 8.07 Å². The molecule has 1 aliphatic rings. The van der Waals surface area contributed by atoms with Crippen LogP contribution in [0.3, 0.4) is 0 Å². The number of hydrogen-bond acceptors (Lipinski definition) is 0. The first-order valence-electron chi connectivity index (χ1n) is 7.29. The molecule has 16 heavy (non-hydrogen) atoms. The van der Waals surface area contributed by atoms with Crippen molar-refractivity contribution in [3.8, 4) is 0 Å². The Labute approximate surface area is 118 Å². The van der Waals surface area contributed by atoms with Gasteiger partial charge in [-0.2, -0.15) is 0 Å². The van der Waals surface area contributed by atoms with E-state index in [1.165, 1.54) is 32.1 Å². The molecule has 0 saturated carbocycles. The molecule has 1 heterocycles. The Morgan fingerprint density at radius 2 is 1.50 bits per heavy atom. The molecule has 1 saturated heterocycles. The van der Waals surface area contributed by atoms with Crippen molar-refractivity contribution in [2.75, 3.05) is 0 Å². The van der Waals surface area contributed by atoms with Crippen LogP contribution in [-0.2, 0) is 0 Å². The van der Waals surface area contributed by atoms with Gasteiger partial charge in [-0.05, 0) is 5.54 Å². The zero-order valence-corrected chi connectivity index (χ0v) is 13.1. The molecule has 1 unspecified atom stereocenters. The van der Waals surface area contributed by atoms with Crippen LogP contribution in [0.1, 0.15) is 67.1 Å². The monoisotopic (exact) mass is 234 g/mol. The van der Waals surface area contributed by atoms with Gasteiger partial charge in [0.15, 0.2) is 0 Å². The third-order valence-corrected chi connectivity index (χ3v) is 11.6. The van der Waals surface area contributed by atoms with Gasteiger partial charge < -0.3 is 1.43 Å². The van der Waals surface area contributed by atoms with Gasteiger partial charge in [-0.3, -0.25) is 0 Å². The van der Waals surface area contributed by atoms with Crippen molar-refractivity contribution in [2.24, 2.45) is 0 Å². The summed E-state index contributed by atoms with van der Waals surface area (Å²) in [7, 11) is -0.875. The Morgan fingerprint density at radius 1 is 0.938 bits per heavy atom. The fourth-order valence-corrected chi connectivity index (χ4v) is 9.13. The summed E-state index contributed by atoms with van der Waals surface area (Å²) >= 11 is 0. The molecule has 92 valence electrons. The Kier molecular flexibility index (Phi) is 9.29. The predicted molar refractivity (Wildman–Crippen MR) is 74.4 cm³/mol. The summed E-state index contributed by atoms with van der Waals surface area (Å²) in [5, 5.41) is 0. The predicted octanol–water partition coefficient (Wildman–Crippen LogP) is 2.73. The van der Waals surface area contributed by atoms with Gasteiger partial charge >= 0.3 is 18.9 Å². The molecule has 0 bridgehead atoms. The summed E-state index contributed by atoms with van der Waals surface area (Å²) < 4.78 is 0. The van der Waals surface area contributed by atoms with Crippen LogP contribution in [0.25, 0.3) is 0 Å². The van der Waals surface area contributed by atoms with E-state index in [1.54, 1.807) is 31.0 Å². The maximum atomic E-state index is 2.48. The minimum absolute atomic E-state index is 0. The summed E-state index contributed by atoms with van der Waals surface area (Å²) in [6, 6.07) is 4.72. The molecule has 1 atom stereocenters. The van der Waals surface area contributed by atoms with Crippen molar-refractivity contribution in [2.45, 2.75) is 89.4 Å². The normalized spacial score (nSPS) is 26.1. The van der Waals surface area contributed by atoms with Gasteiger partial charge in [-0.1, -0.05) is 83.8 Å². The Morgan fingerprint density at radius 3 is 2.06 bits per heavy atom. The van der Waals surface area contributed by atoms with E-state index in [0.29, 0.717) is 0 Å². The summed E-state index contributed by atoms with van der Waals surface area (Å²) in [5.74, 6) is 0. The van der Waals surface area contributed by atoms with Crippen molar-refractivity contribution in [3.05, 3.63) is 0 Å². The fraction of sp³-hybridized carbons (Fsp3) is 1.00. The van der Waals surface area contributed by atoms with Gasteiger partial charge in [-0.15, -0.1) is 0 Å². The van der Waals surface area contributed by atoms with Crippen molar-refractivity contribution in [1.82, 2.24) is 0 Å². The van der Waals surface area contributed by atoms with Gasteiger partial charge in [0.05, 0.1) is 8.07 Å². The van der Waals surface area contributed by atoms with Crippen LogP contribution in [0.2, 0.25) is 23.7 Å². The van der Waals surface area contributed by atoms with E-state index >= 15 is 0 Å². The SMILES string of the molecule is CCC1CCCCCCC[Si]1(CC)CC.[H-].[Li+]. The van der Waals surface area contributed by atoms with Crippen LogP contribution in [0, 0.1) is 0 Å². The average Bonchev–Trinajstić information content (AvgIpc) is 2.38. The molecule has 0 radical (unpaired) electrons. The zero-order valence-electron chi connectivity index (χ0n) is 13.1. The Bertz CT molecular complexity index is 172. The van der Waals surface area contributed by atoms with Crippen LogP contribution in [0.15, 0.2) is 0 Å². The molecule has 2 heteroatoms. The second kappa shape index (κ2) is 8.84. The van der Waals surface area contributed by atoms with Gasteiger partial charge in [-0.25, -0.2) is 0 Å². The summed E-state index contributed by atoms with van der Waals surface area (Å²) in [4.78, 5) is 0. The quantitative estimate of drug-likeness (QED) is 0.659. The van der Waals surface area contributed by atoms with Gasteiger partial charge in [0, 0.05) is 0 Å². The standard InChI is InChI=1S/C14H30Si.Li.H/c1-4-14-12-10-8-7-9-11-13-15(14,5-2)6-3;;/h14H,4-13H2,1-3H3;;/q;+1;-1. The molecule has 0 aromatic heterocycles. The van der Waals surface area contributed by atoms with Crippen LogP contribution < -0.4 is 18.9 Å². The Balaban J connectivity index is 0. The molecular formula is C14H31LiSi. The molecule has 0 aromatic carbocycles. The summed E-state index contributed by atoms with van der Waals surface area (Å²) in [6.45, 7) is 7.40. The van der Waals surface area contributed by atoms with E-state index in [2.05, 4.69) is 20.8 Å². The van der Waals surface area contributed by atoms with Crippen molar-refractivity contribution >= 4 is 8.07 Å². The van der Waals surface area contributed by atoms with Gasteiger partial charge in [0.2, 0.25) is 0 Å². The van der Waals surface area contributed by atoms with E-state index in [4.69, 9.17) is 0 Å². The number of hydrogen-bond donors (Lipinski definition) is 0. The average molecular weight is 234 g/mol. The fourth-order valence-electron chi connectivity index (χ4n) is 3.73. The minimum atomic E-state index is -0.875. The molecule has 1 fully saturated rings. The smallest absolute Gasteiger partial charge is 1.00 e. The van der Waals surface area contributed by atoms with Crippen LogP contribution in [-0.4, -0.2) is 8.07 Å². The zero-order chi connectivity index (χ0) is 11.1. The van der Waals surface area contributed by atoms with Crippen LogP contribution >= 0.6 is 0 Å². The molecule has 0 spiro atoms. The Hall–Kier alpha value is 0.814. The van der Waals surface area contributed by atoms with Crippen LogP contribution in [0.4, 0.5) is 0 Å². The van der Waals surface area contributed by atoms with Gasteiger partial charge in [0.25, 0.3) is 0 Å². The second-order valence-corrected chi connectivity index (χ2v) is 10.9. The molecule has 0 amide bonds. The first-order valence-corrected chi connectivity index (χ1v) is 9.99. The van der Waals surface area contributed by atoms with E-state index in [1.807, 2.05) is 0 Å². The van der Waals surface area contributed by atoms with E-state index in [-0.39, 0.29) is 20.3 Å². The van der Waals surface area contributed by atoms with Crippen molar-refractivity contribution in [1.29, 1.82) is 0 Å². The second-order valence-electron chi connectivity index (χ2n) is 5.48. The first kappa shape index (κ1) is 16.8. The third kappa shape index (κ3) is 4.24. The van der Waals surface area contributed by atoms with Gasteiger partial charge in [0.1, 0.15) is 0 Å². The molecule has 0 nitrogen and oxygen atoms in total. The summed E-state index contributed by atoms with van der Waals surface area (Å²) in [5.41, 5.74) is 1.14. The molecule has 0 N–H and O–H groups in total. The van der Waals surface area contributed by atoms with Crippen molar-refractivity contribution < 1.29 is 20.3 Å². The molecule has 1 aliphatic heterocycles. The van der Waals surface area contributed by atoms with E-state index in [9.17, 15) is 0 Å². The maximum absolute atomic E-state index is 2.48. The van der Waals surface area contributed by atoms with Crippen LogP contribution in [0.5, 0.6) is 0 Å². The third-order valence-electron chi connectivity index (χ3n) is 4.99. The molecule has 0 aromatic rings. The van der Waals surface area contributed by atoms with Crippen molar-refractivity contribution in [3.63, 3.8) is 0 Å². The molecule has 0 aliphatic carbocycles. The molecular weight excluding hydrogens is 203 g/mol. The first-order chi connectivity index (χ1) is 7.29. The van der Waals surface area contributed by atoms with E-state index in [0.717, 1.165) is 5.54 Å². The topological polar surface area (TPSA) is 0 Å². The minimum Gasteiger partial charge on any atom is -1.00 e. The largest absolute Gasteiger partial charge is 1.00 e. The number of rotatable bonds is 3. The maximum Gasteiger partial charge on any atom is 1.00 e.